The molecule has 0 fully saturated rings. The van der Waals surface area contributed by atoms with Gasteiger partial charge in [0.2, 0.25) is 5.91 Å². The number of carbonyl (C=O) groups excluding carboxylic acids is 2. The maximum Gasteiger partial charge on any atom is 0.250 e. The van der Waals surface area contributed by atoms with Gasteiger partial charge in [0.25, 0.3) is 0 Å². The third-order valence-corrected chi connectivity index (χ3v) is 2.76. The Hall–Kier alpha value is -1.75. The normalized spacial score (nSPS) is 11.6. The third kappa shape index (κ3) is 3.37. The molecule has 0 bridgehead atoms. The van der Waals surface area contributed by atoms with Crippen LogP contribution in [0.15, 0.2) is 18.2 Å². The molecule has 6 heteroatoms. The number of hydrogen-bond acceptors (Lipinski definition) is 4. The molecule has 0 heterocycles. The van der Waals surface area contributed by atoms with Gasteiger partial charge in [0.1, 0.15) is 11.5 Å². The summed E-state index contributed by atoms with van der Waals surface area (Å²) in [7, 11) is 2.98. The number of carbonyl (C=O) groups is 2. The van der Waals surface area contributed by atoms with E-state index in [1.165, 1.54) is 21.1 Å². The van der Waals surface area contributed by atoms with Crippen LogP contribution in [0.5, 0.6) is 11.5 Å². The van der Waals surface area contributed by atoms with Crippen LogP contribution < -0.4 is 14.8 Å². The first-order valence-electron chi connectivity index (χ1n) is 5.17. The fraction of sp³-hybridized carbons (Fsp3) is 0.333. The zero-order valence-corrected chi connectivity index (χ0v) is 11.1. The molecule has 0 radical (unpaired) electrons. The quantitative estimate of drug-likeness (QED) is 0.656. The van der Waals surface area contributed by atoms with E-state index in [9.17, 15) is 9.59 Å². The first kappa shape index (κ1) is 14.3. The van der Waals surface area contributed by atoms with E-state index in [1.54, 1.807) is 18.2 Å². The lowest BCUT2D eigenvalue weighted by atomic mass is 10.2. The van der Waals surface area contributed by atoms with Crippen molar-refractivity contribution in [2.45, 2.75) is 12.3 Å². The topological polar surface area (TPSA) is 64.6 Å². The molecular formula is C12H14ClNO4. The van der Waals surface area contributed by atoms with Crippen LogP contribution in [0.3, 0.4) is 0 Å². The van der Waals surface area contributed by atoms with Gasteiger partial charge in [-0.05, 0) is 19.1 Å². The minimum Gasteiger partial charge on any atom is -0.497 e. The van der Waals surface area contributed by atoms with E-state index in [2.05, 4.69) is 5.32 Å². The highest BCUT2D eigenvalue weighted by molar-refractivity contribution is 6.43. The van der Waals surface area contributed by atoms with Crippen LogP contribution in [-0.2, 0) is 9.59 Å². The van der Waals surface area contributed by atoms with Gasteiger partial charge in [0, 0.05) is 6.07 Å². The van der Waals surface area contributed by atoms with Crippen molar-refractivity contribution in [3.8, 4) is 11.5 Å². The summed E-state index contributed by atoms with van der Waals surface area (Å²) in [4.78, 5) is 22.7. The number of methoxy groups -OCH3 is 2. The van der Waals surface area contributed by atoms with Gasteiger partial charge in [-0.25, -0.2) is 0 Å². The second-order valence-electron chi connectivity index (χ2n) is 3.53. The molecule has 1 amide bonds. The van der Waals surface area contributed by atoms with Crippen LogP contribution in [0.25, 0.3) is 0 Å². The van der Waals surface area contributed by atoms with Gasteiger partial charge in [-0.2, -0.15) is 0 Å². The lowest BCUT2D eigenvalue weighted by molar-refractivity contribution is -0.123. The van der Waals surface area contributed by atoms with Gasteiger partial charge in [-0.1, -0.05) is 0 Å². The fourth-order valence-corrected chi connectivity index (χ4v) is 1.35. The number of amides is 1. The molecule has 0 aromatic heterocycles. The number of ketones is 1. The number of rotatable bonds is 5. The summed E-state index contributed by atoms with van der Waals surface area (Å²) in [6, 6.07) is 4.92. The molecule has 0 aliphatic carbocycles. The van der Waals surface area contributed by atoms with Crippen molar-refractivity contribution < 1.29 is 19.1 Å². The zero-order valence-electron chi connectivity index (χ0n) is 10.3. The summed E-state index contributed by atoms with van der Waals surface area (Å²) in [6.45, 7) is 1.25. The number of alkyl halides is 1. The Morgan fingerprint density at radius 1 is 1.28 bits per heavy atom. The average molecular weight is 272 g/mol. The standard InChI is InChI=1S/C12H14ClNO4/c1-7(15)11(13)12(16)14-9-6-8(17-2)4-5-10(9)18-3/h4-6,11H,1-3H3,(H,14,16). The van der Waals surface area contributed by atoms with Crippen LogP contribution in [0.4, 0.5) is 5.69 Å². The van der Waals surface area contributed by atoms with E-state index in [1.807, 2.05) is 0 Å². The van der Waals surface area contributed by atoms with Crippen LogP contribution in [-0.4, -0.2) is 31.3 Å². The van der Waals surface area contributed by atoms with Crippen LogP contribution in [0.2, 0.25) is 0 Å². The number of ether oxygens (including phenoxy) is 2. The Morgan fingerprint density at radius 2 is 1.94 bits per heavy atom. The second-order valence-corrected chi connectivity index (χ2v) is 3.97. The zero-order chi connectivity index (χ0) is 13.7. The highest BCUT2D eigenvalue weighted by Crippen LogP contribution is 2.29. The molecule has 5 nitrogen and oxygen atoms in total. The number of nitrogens with one attached hydrogen (secondary N) is 1. The Labute approximate surface area is 110 Å². The lowest BCUT2D eigenvalue weighted by Crippen LogP contribution is -2.28. The Bertz CT molecular complexity index is 461. The highest BCUT2D eigenvalue weighted by Gasteiger charge is 2.21. The number of Topliss-reactive ketones (excluding diaryl/α,β-unsaturated/α-hetero) is 1. The van der Waals surface area contributed by atoms with Gasteiger partial charge in [0.05, 0.1) is 19.9 Å². The molecule has 0 spiro atoms. The fourth-order valence-electron chi connectivity index (χ4n) is 1.29. The molecule has 1 aromatic carbocycles. The monoisotopic (exact) mass is 271 g/mol. The summed E-state index contributed by atoms with van der Waals surface area (Å²) in [5.41, 5.74) is 0.397. The Kier molecular flexibility index (Phi) is 4.97. The molecule has 1 aromatic rings. The molecule has 0 saturated carbocycles. The first-order chi connectivity index (χ1) is 8.49. The van der Waals surface area contributed by atoms with Crippen molar-refractivity contribution in [1.82, 2.24) is 0 Å². The summed E-state index contributed by atoms with van der Waals surface area (Å²) in [5.74, 6) is -0.0108. The maximum absolute atomic E-state index is 11.7. The number of anilines is 1. The second kappa shape index (κ2) is 6.26. The molecule has 0 aliphatic heterocycles. The third-order valence-electron chi connectivity index (χ3n) is 2.25. The van der Waals surface area contributed by atoms with E-state index in [0.29, 0.717) is 17.2 Å². The minimum atomic E-state index is -1.22. The Morgan fingerprint density at radius 3 is 2.44 bits per heavy atom. The van der Waals surface area contributed by atoms with Gasteiger partial charge in [0.15, 0.2) is 11.2 Å². The molecule has 18 heavy (non-hydrogen) atoms. The van der Waals surface area contributed by atoms with Gasteiger partial charge in [-0.3, -0.25) is 9.59 Å². The van der Waals surface area contributed by atoms with Gasteiger partial charge < -0.3 is 14.8 Å². The predicted octanol–water partition coefficient (Wildman–Crippen LogP) is 1.84. The molecule has 1 rings (SSSR count). The molecule has 1 unspecified atom stereocenters. The molecule has 0 aliphatic rings. The number of benzene rings is 1. The van der Waals surface area contributed by atoms with Gasteiger partial charge >= 0.3 is 0 Å². The first-order valence-corrected chi connectivity index (χ1v) is 5.60. The smallest absolute Gasteiger partial charge is 0.250 e. The van der Waals surface area contributed by atoms with Crippen LogP contribution >= 0.6 is 11.6 Å². The lowest BCUT2D eigenvalue weighted by Gasteiger charge is -2.12. The highest BCUT2D eigenvalue weighted by atomic mass is 35.5. The largest absolute Gasteiger partial charge is 0.497 e. The number of halogens is 1. The maximum atomic E-state index is 11.7. The summed E-state index contributed by atoms with van der Waals surface area (Å²) >= 11 is 5.65. The summed E-state index contributed by atoms with van der Waals surface area (Å²) in [5, 5.41) is 1.30. The van der Waals surface area contributed by atoms with Crippen LogP contribution in [0, 0.1) is 0 Å². The molecule has 1 N–H and O–H groups in total. The van der Waals surface area contributed by atoms with Crippen molar-refractivity contribution in [1.29, 1.82) is 0 Å². The molecular weight excluding hydrogens is 258 g/mol. The summed E-state index contributed by atoms with van der Waals surface area (Å²) in [6.07, 6.45) is 0. The van der Waals surface area contributed by atoms with Gasteiger partial charge in [-0.15, -0.1) is 11.6 Å². The van der Waals surface area contributed by atoms with E-state index < -0.39 is 17.1 Å². The van der Waals surface area contributed by atoms with Crippen molar-refractivity contribution in [3.63, 3.8) is 0 Å². The predicted molar refractivity (Wildman–Crippen MR) is 68.5 cm³/mol. The molecule has 0 saturated heterocycles. The minimum absolute atomic E-state index is 0.397. The average Bonchev–Trinajstić information content (AvgIpc) is 2.37. The van der Waals surface area contributed by atoms with E-state index >= 15 is 0 Å². The molecule has 1 atom stereocenters. The number of hydrogen-bond donors (Lipinski definition) is 1. The van der Waals surface area contributed by atoms with E-state index in [0.717, 1.165) is 0 Å². The van der Waals surface area contributed by atoms with Crippen molar-refractivity contribution in [2.24, 2.45) is 0 Å². The SMILES string of the molecule is COc1ccc(OC)c(NC(=O)C(Cl)C(C)=O)c1. The summed E-state index contributed by atoms with van der Waals surface area (Å²) < 4.78 is 10.1. The van der Waals surface area contributed by atoms with Crippen molar-refractivity contribution in [3.05, 3.63) is 18.2 Å². The van der Waals surface area contributed by atoms with Crippen molar-refractivity contribution in [2.75, 3.05) is 19.5 Å². The van der Waals surface area contributed by atoms with Crippen molar-refractivity contribution >= 4 is 29.0 Å². The molecule has 98 valence electrons. The Balaban J connectivity index is 2.94. The van der Waals surface area contributed by atoms with E-state index in [-0.39, 0.29) is 0 Å². The van der Waals surface area contributed by atoms with E-state index in [4.69, 9.17) is 21.1 Å². The van der Waals surface area contributed by atoms with Crippen LogP contribution in [0.1, 0.15) is 6.92 Å².